The van der Waals surface area contributed by atoms with Crippen LogP contribution in [0.2, 0.25) is 0 Å². The summed E-state index contributed by atoms with van der Waals surface area (Å²) in [6.45, 7) is 9.87. The Hall–Kier alpha value is -2.67. The molecule has 6 nitrogen and oxygen atoms in total. The molecule has 0 aliphatic heterocycles. The highest BCUT2D eigenvalue weighted by Gasteiger charge is 2.08. The molecular formula is C19H24N6S. The molecule has 3 aromatic rings. The molecule has 2 N–H and O–H groups in total. The van der Waals surface area contributed by atoms with Gasteiger partial charge in [0.15, 0.2) is 5.11 Å². The van der Waals surface area contributed by atoms with Crippen molar-refractivity contribution >= 4 is 28.7 Å². The average molecular weight is 369 g/mol. The van der Waals surface area contributed by atoms with Gasteiger partial charge in [0.05, 0.1) is 24.6 Å². The lowest BCUT2D eigenvalue weighted by molar-refractivity contribution is 0.633. The van der Waals surface area contributed by atoms with Gasteiger partial charge in [0, 0.05) is 29.7 Å². The van der Waals surface area contributed by atoms with Crippen molar-refractivity contribution in [1.82, 2.24) is 19.6 Å². The predicted octanol–water partition coefficient (Wildman–Crippen LogP) is 3.88. The van der Waals surface area contributed by atoms with Crippen molar-refractivity contribution in [3.63, 3.8) is 0 Å². The van der Waals surface area contributed by atoms with Crippen molar-refractivity contribution in [2.45, 2.75) is 40.8 Å². The lowest BCUT2D eigenvalue weighted by Crippen LogP contribution is -2.19. The number of rotatable bonds is 5. The first-order valence-corrected chi connectivity index (χ1v) is 9.06. The standard InChI is InChI=1S/C19H24N6S/c1-5-25-15(4)16(9-21-25)11-24-12-17(10-20-24)22-19(26)23-18-7-6-13(2)8-14(18)3/h6-10,12H,5,11H2,1-4H3,(H2,22,23,26). The minimum atomic E-state index is 0.548. The first kappa shape index (κ1) is 18.1. The maximum atomic E-state index is 5.42. The van der Waals surface area contributed by atoms with E-state index in [2.05, 4.69) is 60.7 Å². The number of nitrogens with one attached hydrogen (secondary N) is 2. The summed E-state index contributed by atoms with van der Waals surface area (Å²) in [6.07, 6.45) is 5.62. The highest BCUT2D eigenvalue weighted by atomic mass is 32.1. The van der Waals surface area contributed by atoms with Crippen LogP contribution >= 0.6 is 12.2 Å². The predicted molar refractivity (Wildman–Crippen MR) is 110 cm³/mol. The van der Waals surface area contributed by atoms with Gasteiger partial charge in [-0.05, 0) is 51.5 Å². The van der Waals surface area contributed by atoms with Crippen LogP contribution in [0, 0.1) is 20.8 Å². The molecule has 0 fully saturated rings. The fourth-order valence-electron chi connectivity index (χ4n) is 2.89. The summed E-state index contributed by atoms with van der Waals surface area (Å²) in [6, 6.07) is 6.23. The minimum Gasteiger partial charge on any atom is -0.332 e. The van der Waals surface area contributed by atoms with Crippen LogP contribution in [0.5, 0.6) is 0 Å². The SMILES string of the molecule is CCn1ncc(Cn2cc(NC(=S)Nc3ccc(C)cc3C)cn2)c1C. The monoisotopic (exact) mass is 368 g/mol. The summed E-state index contributed by atoms with van der Waals surface area (Å²) in [5.74, 6) is 0. The van der Waals surface area contributed by atoms with Gasteiger partial charge in [-0.25, -0.2) is 0 Å². The van der Waals surface area contributed by atoms with Crippen LogP contribution in [0.25, 0.3) is 0 Å². The van der Waals surface area contributed by atoms with E-state index in [1.165, 1.54) is 11.3 Å². The van der Waals surface area contributed by atoms with Gasteiger partial charge in [-0.3, -0.25) is 9.36 Å². The van der Waals surface area contributed by atoms with Crippen LogP contribution in [-0.2, 0) is 13.1 Å². The molecule has 1 aromatic carbocycles. The molecule has 136 valence electrons. The number of hydrogen-bond acceptors (Lipinski definition) is 3. The van der Waals surface area contributed by atoms with E-state index >= 15 is 0 Å². The molecule has 7 heteroatoms. The normalized spacial score (nSPS) is 10.8. The molecule has 0 aliphatic carbocycles. The molecule has 26 heavy (non-hydrogen) atoms. The molecule has 0 bridgehead atoms. The van der Waals surface area contributed by atoms with Gasteiger partial charge >= 0.3 is 0 Å². The molecule has 0 spiro atoms. The van der Waals surface area contributed by atoms with Crippen LogP contribution in [-0.4, -0.2) is 24.7 Å². The quantitative estimate of drug-likeness (QED) is 0.669. The third kappa shape index (κ3) is 4.11. The lowest BCUT2D eigenvalue weighted by Gasteiger charge is -2.11. The highest BCUT2D eigenvalue weighted by Crippen LogP contribution is 2.17. The summed E-state index contributed by atoms with van der Waals surface area (Å²) < 4.78 is 3.87. The summed E-state index contributed by atoms with van der Waals surface area (Å²) in [5, 5.41) is 15.8. The van der Waals surface area contributed by atoms with Gasteiger partial charge in [0.1, 0.15) is 0 Å². The Labute approximate surface area is 159 Å². The van der Waals surface area contributed by atoms with Crippen molar-refractivity contribution in [2.75, 3.05) is 10.6 Å². The molecule has 0 atom stereocenters. The van der Waals surface area contributed by atoms with Gasteiger partial charge in [-0.2, -0.15) is 10.2 Å². The maximum Gasteiger partial charge on any atom is 0.175 e. The van der Waals surface area contributed by atoms with E-state index in [1.54, 1.807) is 6.20 Å². The summed E-state index contributed by atoms with van der Waals surface area (Å²) in [5.41, 5.74) is 6.58. The lowest BCUT2D eigenvalue weighted by atomic mass is 10.1. The van der Waals surface area contributed by atoms with Crippen molar-refractivity contribution in [2.24, 2.45) is 0 Å². The zero-order chi connectivity index (χ0) is 18.7. The first-order chi connectivity index (χ1) is 12.5. The third-order valence-corrected chi connectivity index (χ3v) is 4.56. The smallest absolute Gasteiger partial charge is 0.175 e. The fraction of sp³-hybridized carbons (Fsp3) is 0.316. The van der Waals surface area contributed by atoms with E-state index < -0.39 is 0 Å². The number of anilines is 2. The molecule has 0 saturated carbocycles. The number of nitrogens with zero attached hydrogens (tertiary/aromatic N) is 4. The van der Waals surface area contributed by atoms with E-state index in [9.17, 15) is 0 Å². The molecule has 0 radical (unpaired) electrons. The van der Waals surface area contributed by atoms with E-state index in [0.29, 0.717) is 11.7 Å². The van der Waals surface area contributed by atoms with Crippen molar-refractivity contribution in [3.8, 4) is 0 Å². The number of benzene rings is 1. The van der Waals surface area contributed by atoms with Crippen LogP contribution in [0.3, 0.4) is 0 Å². The first-order valence-electron chi connectivity index (χ1n) is 8.65. The van der Waals surface area contributed by atoms with E-state index in [0.717, 1.165) is 29.0 Å². The average Bonchev–Trinajstić information content (AvgIpc) is 3.17. The minimum absolute atomic E-state index is 0.548. The Morgan fingerprint density at radius 3 is 2.62 bits per heavy atom. The van der Waals surface area contributed by atoms with Crippen LogP contribution in [0.15, 0.2) is 36.8 Å². The van der Waals surface area contributed by atoms with Crippen molar-refractivity contribution < 1.29 is 0 Å². The van der Waals surface area contributed by atoms with E-state index in [4.69, 9.17) is 12.2 Å². The Bertz CT molecular complexity index is 924. The summed E-state index contributed by atoms with van der Waals surface area (Å²) >= 11 is 5.42. The Morgan fingerprint density at radius 2 is 1.92 bits per heavy atom. The number of aryl methyl sites for hydroxylation is 3. The Balaban J connectivity index is 1.62. The molecule has 2 heterocycles. The number of hydrogen-bond donors (Lipinski definition) is 2. The molecule has 0 saturated heterocycles. The van der Waals surface area contributed by atoms with Gasteiger partial charge in [0.25, 0.3) is 0 Å². The zero-order valence-corrected chi connectivity index (χ0v) is 16.4. The molecule has 0 unspecified atom stereocenters. The van der Waals surface area contributed by atoms with Crippen molar-refractivity contribution in [1.29, 1.82) is 0 Å². The summed E-state index contributed by atoms with van der Waals surface area (Å²) in [4.78, 5) is 0. The Morgan fingerprint density at radius 1 is 1.12 bits per heavy atom. The topological polar surface area (TPSA) is 59.7 Å². The fourth-order valence-corrected chi connectivity index (χ4v) is 3.11. The zero-order valence-electron chi connectivity index (χ0n) is 15.6. The van der Waals surface area contributed by atoms with Gasteiger partial charge in [-0.1, -0.05) is 17.7 Å². The number of aromatic nitrogens is 4. The third-order valence-electron chi connectivity index (χ3n) is 4.36. The second-order valence-corrected chi connectivity index (χ2v) is 6.80. The van der Waals surface area contributed by atoms with E-state index in [-0.39, 0.29) is 0 Å². The molecule has 0 aliphatic rings. The molecule has 2 aromatic heterocycles. The molecular weight excluding hydrogens is 344 g/mol. The maximum absolute atomic E-state index is 5.42. The number of thiocarbonyl (C=S) groups is 1. The van der Waals surface area contributed by atoms with Crippen molar-refractivity contribution in [3.05, 3.63) is 59.2 Å². The van der Waals surface area contributed by atoms with Crippen LogP contribution in [0.4, 0.5) is 11.4 Å². The Kier molecular flexibility index (Phi) is 5.37. The summed E-state index contributed by atoms with van der Waals surface area (Å²) in [7, 11) is 0. The van der Waals surface area contributed by atoms with Crippen LogP contribution < -0.4 is 10.6 Å². The van der Waals surface area contributed by atoms with Gasteiger partial charge in [0.2, 0.25) is 0 Å². The molecule has 3 rings (SSSR count). The van der Waals surface area contributed by atoms with Gasteiger partial charge < -0.3 is 10.6 Å². The van der Waals surface area contributed by atoms with Crippen LogP contribution in [0.1, 0.15) is 29.3 Å². The second kappa shape index (κ2) is 7.70. The molecule has 0 amide bonds. The van der Waals surface area contributed by atoms with Gasteiger partial charge in [-0.15, -0.1) is 0 Å². The largest absolute Gasteiger partial charge is 0.332 e. The highest BCUT2D eigenvalue weighted by molar-refractivity contribution is 7.80. The second-order valence-electron chi connectivity index (χ2n) is 6.40. The van der Waals surface area contributed by atoms with E-state index in [1.807, 2.05) is 27.8 Å².